The van der Waals surface area contributed by atoms with Crippen LogP contribution in [0.2, 0.25) is 0 Å². The second kappa shape index (κ2) is 8.42. The van der Waals surface area contributed by atoms with Crippen LogP contribution in [0.3, 0.4) is 0 Å². The Hall–Kier alpha value is -1.87. The number of carbonyl (C=O) groups is 3. The lowest BCUT2D eigenvalue weighted by Gasteiger charge is -2.36. The normalized spacial score (nSPS) is 18.3. The second-order valence-corrected chi connectivity index (χ2v) is 4.54. The highest BCUT2D eigenvalue weighted by atomic mass is 16.5. The molecule has 1 fully saturated rings. The lowest BCUT2D eigenvalue weighted by Crippen LogP contribution is -2.62. The maximum Gasteiger partial charge on any atom is 0.328 e. The largest absolute Gasteiger partial charge is 0.480 e. The van der Waals surface area contributed by atoms with Crippen molar-refractivity contribution in [3.8, 4) is 0 Å². The molecule has 1 atom stereocenters. The topological polar surface area (TPSA) is 108 Å². The number of urea groups is 1. The van der Waals surface area contributed by atoms with Gasteiger partial charge in [0.15, 0.2) is 0 Å². The number of hydrogen-bond acceptors (Lipinski definition) is 5. The van der Waals surface area contributed by atoms with Gasteiger partial charge in [-0.05, 0) is 0 Å². The number of hydrogen-bond donors (Lipinski definition) is 2. The van der Waals surface area contributed by atoms with E-state index in [1.54, 1.807) is 0 Å². The number of amides is 3. The lowest BCUT2D eigenvalue weighted by molar-refractivity contribution is -0.144. The molecule has 0 saturated carbocycles. The smallest absolute Gasteiger partial charge is 0.328 e. The van der Waals surface area contributed by atoms with Gasteiger partial charge < -0.3 is 24.8 Å². The molecule has 3 amide bonds. The van der Waals surface area contributed by atoms with E-state index in [1.165, 1.54) is 19.1 Å². The highest BCUT2D eigenvalue weighted by molar-refractivity contribution is 5.90. The average molecular weight is 303 g/mol. The molecule has 9 heteroatoms. The Morgan fingerprint density at radius 1 is 1.33 bits per heavy atom. The van der Waals surface area contributed by atoms with Gasteiger partial charge in [0, 0.05) is 33.9 Å². The van der Waals surface area contributed by atoms with Crippen molar-refractivity contribution in [3.05, 3.63) is 0 Å². The Kier molecular flexibility index (Phi) is 6.89. The maximum atomic E-state index is 12.5. The number of rotatable bonds is 7. The number of methoxy groups -OCH3 is 2. The molecule has 0 aromatic rings. The van der Waals surface area contributed by atoms with Crippen LogP contribution in [0.4, 0.5) is 4.79 Å². The fourth-order valence-electron chi connectivity index (χ4n) is 1.95. The highest BCUT2D eigenvalue weighted by Crippen LogP contribution is 2.09. The predicted molar refractivity (Wildman–Crippen MR) is 71.9 cm³/mol. The van der Waals surface area contributed by atoms with Crippen LogP contribution in [0.25, 0.3) is 0 Å². The summed E-state index contributed by atoms with van der Waals surface area (Å²) in [7, 11) is 3.01. The molecular weight excluding hydrogens is 282 g/mol. The fourth-order valence-corrected chi connectivity index (χ4v) is 1.95. The maximum absolute atomic E-state index is 12.5. The van der Waals surface area contributed by atoms with E-state index in [1.807, 2.05) is 0 Å². The van der Waals surface area contributed by atoms with Gasteiger partial charge in [0.1, 0.15) is 12.6 Å². The molecule has 1 rings (SSSR count). The van der Waals surface area contributed by atoms with Crippen molar-refractivity contribution in [2.45, 2.75) is 6.04 Å². The zero-order valence-electron chi connectivity index (χ0n) is 12.2. The number of aliphatic carboxylic acids is 1. The molecule has 0 aromatic carbocycles. The molecule has 0 bridgehead atoms. The third kappa shape index (κ3) is 4.87. The third-order valence-electron chi connectivity index (χ3n) is 3.11. The number of piperazine rings is 1. The first-order valence-electron chi connectivity index (χ1n) is 6.54. The van der Waals surface area contributed by atoms with E-state index in [2.05, 4.69) is 5.32 Å². The van der Waals surface area contributed by atoms with Crippen molar-refractivity contribution in [2.24, 2.45) is 0 Å². The number of nitrogens with zero attached hydrogens (tertiary/aromatic N) is 2. The minimum Gasteiger partial charge on any atom is -0.480 e. The Morgan fingerprint density at radius 2 is 1.90 bits per heavy atom. The molecule has 0 aliphatic carbocycles. The summed E-state index contributed by atoms with van der Waals surface area (Å²) in [4.78, 5) is 37.6. The lowest BCUT2D eigenvalue weighted by atomic mass is 10.2. The summed E-state index contributed by atoms with van der Waals surface area (Å²) in [6.45, 7) is 0.849. The van der Waals surface area contributed by atoms with Gasteiger partial charge in [0.05, 0.1) is 13.2 Å². The van der Waals surface area contributed by atoms with Crippen molar-refractivity contribution in [2.75, 3.05) is 53.6 Å². The number of carbonyl (C=O) groups excluding carboxylic acids is 2. The summed E-state index contributed by atoms with van der Waals surface area (Å²) in [5.41, 5.74) is 0. The van der Waals surface area contributed by atoms with E-state index in [0.29, 0.717) is 26.3 Å². The molecule has 1 saturated heterocycles. The number of ether oxygens (including phenoxy) is 2. The first-order chi connectivity index (χ1) is 10.0. The number of carboxylic acids is 1. The van der Waals surface area contributed by atoms with E-state index < -0.39 is 18.0 Å². The molecule has 0 aromatic heterocycles. The van der Waals surface area contributed by atoms with Crippen molar-refractivity contribution in [1.82, 2.24) is 15.1 Å². The van der Waals surface area contributed by atoms with Crippen LogP contribution >= 0.6 is 0 Å². The first kappa shape index (κ1) is 17.2. The minimum absolute atomic E-state index is 0.0949. The van der Waals surface area contributed by atoms with Crippen LogP contribution in [-0.4, -0.2) is 92.5 Å². The molecule has 1 unspecified atom stereocenters. The van der Waals surface area contributed by atoms with Crippen LogP contribution < -0.4 is 5.32 Å². The van der Waals surface area contributed by atoms with Crippen molar-refractivity contribution >= 4 is 17.9 Å². The Labute approximate surface area is 122 Å². The molecule has 21 heavy (non-hydrogen) atoms. The van der Waals surface area contributed by atoms with E-state index in [-0.39, 0.29) is 19.0 Å². The number of carboxylic acid groups (broad SMARTS) is 1. The second-order valence-electron chi connectivity index (χ2n) is 4.54. The van der Waals surface area contributed by atoms with Crippen molar-refractivity contribution in [3.63, 3.8) is 0 Å². The summed E-state index contributed by atoms with van der Waals surface area (Å²) >= 11 is 0. The van der Waals surface area contributed by atoms with Crippen LogP contribution in [-0.2, 0) is 19.1 Å². The van der Waals surface area contributed by atoms with Crippen LogP contribution in [0.5, 0.6) is 0 Å². The molecule has 9 nitrogen and oxygen atoms in total. The van der Waals surface area contributed by atoms with Gasteiger partial charge in [-0.1, -0.05) is 0 Å². The first-order valence-corrected chi connectivity index (χ1v) is 6.54. The van der Waals surface area contributed by atoms with Crippen LogP contribution in [0.15, 0.2) is 0 Å². The van der Waals surface area contributed by atoms with Gasteiger partial charge in [-0.15, -0.1) is 0 Å². The van der Waals surface area contributed by atoms with E-state index >= 15 is 0 Å². The van der Waals surface area contributed by atoms with Crippen molar-refractivity contribution < 1.29 is 29.0 Å². The summed E-state index contributed by atoms with van der Waals surface area (Å²) in [6.07, 6.45) is 0. The molecule has 1 heterocycles. The minimum atomic E-state index is -1.15. The summed E-state index contributed by atoms with van der Waals surface area (Å²) in [5, 5.41) is 11.6. The molecule has 1 aliphatic heterocycles. The van der Waals surface area contributed by atoms with Gasteiger partial charge in [-0.25, -0.2) is 9.59 Å². The van der Waals surface area contributed by atoms with Crippen molar-refractivity contribution in [1.29, 1.82) is 0 Å². The quantitative estimate of drug-likeness (QED) is 0.598. The molecule has 0 radical (unpaired) electrons. The zero-order valence-corrected chi connectivity index (χ0v) is 12.2. The molecule has 0 spiro atoms. The summed E-state index contributed by atoms with van der Waals surface area (Å²) < 4.78 is 9.87. The molecule has 120 valence electrons. The highest BCUT2D eigenvalue weighted by Gasteiger charge is 2.37. The molecular formula is C12H21N3O6. The standard InChI is InChI=1S/C12H21N3O6/c1-20-5-3-14(4-6-21-2)12(19)15-8-10(16)13-7-9(15)11(17)18/h9H,3-8H2,1-2H3,(H,13,16)(H,17,18). The SMILES string of the molecule is COCCN(CCOC)C(=O)N1CC(=O)NCC1C(=O)O. The Balaban J connectivity index is 2.81. The Morgan fingerprint density at radius 3 is 2.38 bits per heavy atom. The van der Waals surface area contributed by atoms with E-state index in [9.17, 15) is 14.4 Å². The molecule has 2 N–H and O–H groups in total. The predicted octanol–water partition coefficient (Wildman–Crippen LogP) is -1.41. The summed E-state index contributed by atoms with van der Waals surface area (Å²) in [6, 6.07) is -1.57. The van der Waals surface area contributed by atoms with Gasteiger partial charge in [0.25, 0.3) is 0 Å². The van der Waals surface area contributed by atoms with Gasteiger partial charge in [0.2, 0.25) is 5.91 Å². The summed E-state index contributed by atoms with van der Waals surface area (Å²) in [5.74, 6) is -1.53. The van der Waals surface area contributed by atoms with E-state index in [0.717, 1.165) is 4.90 Å². The zero-order chi connectivity index (χ0) is 15.8. The van der Waals surface area contributed by atoms with Crippen LogP contribution in [0.1, 0.15) is 0 Å². The van der Waals surface area contributed by atoms with Crippen LogP contribution in [0, 0.1) is 0 Å². The average Bonchev–Trinajstić information content (AvgIpc) is 2.46. The van der Waals surface area contributed by atoms with Gasteiger partial charge in [-0.3, -0.25) is 9.69 Å². The van der Waals surface area contributed by atoms with E-state index in [4.69, 9.17) is 14.6 Å². The molecule has 1 aliphatic rings. The Bertz CT molecular complexity index is 381. The third-order valence-corrected chi connectivity index (χ3v) is 3.11. The number of nitrogens with one attached hydrogen (secondary N) is 1. The van der Waals surface area contributed by atoms with Gasteiger partial charge >= 0.3 is 12.0 Å². The van der Waals surface area contributed by atoms with Gasteiger partial charge in [-0.2, -0.15) is 0 Å². The fraction of sp³-hybridized carbons (Fsp3) is 0.750. The monoisotopic (exact) mass is 303 g/mol.